The van der Waals surface area contributed by atoms with E-state index >= 15 is 0 Å². The first-order valence-electron chi connectivity index (χ1n) is 8.63. The molecular weight excluding hydrogens is 309 g/mol. The molecule has 2 N–H and O–H groups in total. The summed E-state index contributed by atoms with van der Waals surface area (Å²) in [4.78, 5) is 13.7. The van der Waals surface area contributed by atoms with Crippen molar-refractivity contribution in [2.24, 2.45) is 11.8 Å². The molecule has 4 nitrogen and oxygen atoms in total. The molecule has 1 aliphatic heterocycles. The second kappa shape index (κ2) is 6.15. The van der Waals surface area contributed by atoms with Gasteiger partial charge in [-0.2, -0.15) is 13.2 Å². The first kappa shape index (κ1) is 16.9. The number of aliphatic hydroxyl groups is 1. The van der Waals surface area contributed by atoms with Crippen molar-refractivity contribution in [3.63, 3.8) is 0 Å². The van der Waals surface area contributed by atoms with Crippen molar-refractivity contribution in [3.05, 3.63) is 0 Å². The van der Waals surface area contributed by atoms with Crippen molar-refractivity contribution in [3.8, 4) is 0 Å². The summed E-state index contributed by atoms with van der Waals surface area (Å²) >= 11 is 0. The summed E-state index contributed by atoms with van der Waals surface area (Å²) in [5.74, 6) is 1.53. The lowest BCUT2D eigenvalue weighted by molar-refractivity contribution is -0.271. The molecule has 23 heavy (non-hydrogen) atoms. The molecule has 2 atom stereocenters. The fraction of sp³-hybridized carbons (Fsp3) is 0.938. The Morgan fingerprint density at radius 1 is 1.09 bits per heavy atom. The number of rotatable bonds is 2. The maximum Gasteiger partial charge on any atom is 0.417 e. The van der Waals surface area contributed by atoms with Gasteiger partial charge in [-0.25, -0.2) is 4.79 Å². The van der Waals surface area contributed by atoms with Crippen LogP contribution < -0.4 is 5.32 Å². The highest BCUT2D eigenvalue weighted by Crippen LogP contribution is 2.44. The third-order valence-corrected chi connectivity index (χ3v) is 5.74. The first-order valence-corrected chi connectivity index (χ1v) is 8.63. The number of hydrogen-bond acceptors (Lipinski definition) is 2. The van der Waals surface area contributed by atoms with Gasteiger partial charge in [-0.05, 0) is 37.5 Å². The highest BCUT2D eigenvalue weighted by Gasteiger charge is 2.55. The summed E-state index contributed by atoms with van der Waals surface area (Å²) in [5, 5.41) is 12.6. The van der Waals surface area contributed by atoms with E-state index < -0.39 is 24.6 Å². The molecule has 7 heteroatoms. The zero-order valence-electron chi connectivity index (χ0n) is 13.2. The van der Waals surface area contributed by atoms with Gasteiger partial charge in [0.25, 0.3) is 0 Å². The third-order valence-electron chi connectivity index (χ3n) is 5.74. The van der Waals surface area contributed by atoms with E-state index in [-0.39, 0.29) is 25.2 Å². The molecular formula is C16H25F3N2O2. The van der Waals surface area contributed by atoms with E-state index in [2.05, 4.69) is 5.32 Å². The fourth-order valence-electron chi connectivity index (χ4n) is 3.98. The van der Waals surface area contributed by atoms with Gasteiger partial charge >= 0.3 is 12.2 Å². The van der Waals surface area contributed by atoms with Gasteiger partial charge in [0.05, 0.1) is 0 Å². The van der Waals surface area contributed by atoms with Crippen molar-refractivity contribution in [1.29, 1.82) is 0 Å². The van der Waals surface area contributed by atoms with Crippen LogP contribution in [0.1, 0.15) is 51.4 Å². The summed E-state index contributed by atoms with van der Waals surface area (Å²) in [6.07, 6.45) is 1.38. The zero-order valence-corrected chi connectivity index (χ0v) is 13.2. The number of carbonyl (C=O) groups excluding carboxylic acids is 1. The molecule has 2 aliphatic carbocycles. The summed E-state index contributed by atoms with van der Waals surface area (Å²) in [7, 11) is 0. The summed E-state index contributed by atoms with van der Waals surface area (Å²) in [5.41, 5.74) is -2.65. The average Bonchev–Trinajstić information content (AvgIpc) is 3.31. The lowest BCUT2D eigenvalue weighted by Gasteiger charge is -2.40. The molecule has 0 radical (unpaired) electrons. The van der Waals surface area contributed by atoms with Crippen LogP contribution in [-0.2, 0) is 0 Å². The molecule has 3 aliphatic rings. The van der Waals surface area contributed by atoms with Crippen LogP contribution in [0.2, 0.25) is 0 Å². The molecule has 2 saturated carbocycles. The normalized spacial score (nSPS) is 31.7. The Morgan fingerprint density at radius 2 is 1.74 bits per heavy atom. The van der Waals surface area contributed by atoms with E-state index in [1.165, 1.54) is 24.2 Å². The predicted octanol–water partition coefficient (Wildman–Crippen LogP) is 3.05. The molecule has 3 fully saturated rings. The van der Waals surface area contributed by atoms with Gasteiger partial charge in [0.2, 0.25) is 0 Å². The maximum atomic E-state index is 12.8. The Labute approximate surface area is 134 Å². The average molecular weight is 334 g/mol. The quantitative estimate of drug-likeness (QED) is 0.815. The Balaban J connectivity index is 1.48. The van der Waals surface area contributed by atoms with Crippen molar-refractivity contribution >= 4 is 6.03 Å². The number of likely N-dealkylation sites (tertiary alicyclic amines) is 1. The molecule has 0 aromatic carbocycles. The van der Waals surface area contributed by atoms with Gasteiger partial charge in [-0.1, -0.05) is 12.8 Å². The van der Waals surface area contributed by atoms with Gasteiger partial charge in [-0.3, -0.25) is 0 Å². The van der Waals surface area contributed by atoms with E-state index in [0.29, 0.717) is 5.92 Å². The molecule has 132 valence electrons. The Hall–Kier alpha value is -0.980. The molecule has 0 aromatic heterocycles. The Kier molecular flexibility index (Phi) is 4.51. The highest BCUT2D eigenvalue weighted by molar-refractivity contribution is 5.74. The first-order chi connectivity index (χ1) is 10.8. The van der Waals surface area contributed by atoms with Crippen molar-refractivity contribution < 1.29 is 23.1 Å². The van der Waals surface area contributed by atoms with Gasteiger partial charge in [-0.15, -0.1) is 0 Å². The number of urea groups is 1. The largest absolute Gasteiger partial charge is 0.417 e. The minimum Gasteiger partial charge on any atom is -0.380 e. The predicted molar refractivity (Wildman–Crippen MR) is 78.8 cm³/mol. The molecule has 0 bridgehead atoms. The second-order valence-corrected chi connectivity index (χ2v) is 7.43. The molecule has 1 heterocycles. The van der Waals surface area contributed by atoms with Crippen molar-refractivity contribution in [1.82, 2.24) is 10.2 Å². The van der Waals surface area contributed by atoms with Crippen molar-refractivity contribution in [2.45, 2.75) is 69.2 Å². The lowest BCUT2D eigenvalue weighted by Crippen LogP contribution is -2.56. The van der Waals surface area contributed by atoms with Gasteiger partial charge in [0, 0.05) is 32.0 Å². The number of hydrogen-bond donors (Lipinski definition) is 2. The van der Waals surface area contributed by atoms with Crippen LogP contribution in [0.3, 0.4) is 0 Å². The fourth-order valence-corrected chi connectivity index (χ4v) is 3.98. The summed E-state index contributed by atoms with van der Waals surface area (Å²) < 4.78 is 38.3. The van der Waals surface area contributed by atoms with Crippen LogP contribution in [-0.4, -0.2) is 46.9 Å². The number of nitrogens with zero attached hydrogens (tertiary/aromatic N) is 1. The summed E-state index contributed by atoms with van der Waals surface area (Å²) in [6, 6.07) is -0.138. The Bertz CT molecular complexity index is 443. The van der Waals surface area contributed by atoms with E-state index in [1.54, 1.807) is 0 Å². The van der Waals surface area contributed by atoms with Crippen LogP contribution >= 0.6 is 0 Å². The highest BCUT2D eigenvalue weighted by atomic mass is 19.4. The smallest absolute Gasteiger partial charge is 0.380 e. The second-order valence-electron chi connectivity index (χ2n) is 7.43. The van der Waals surface area contributed by atoms with Crippen LogP contribution in [0.4, 0.5) is 18.0 Å². The van der Waals surface area contributed by atoms with E-state index in [1.807, 2.05) is 0 Å². The van der Waals surface area contributed by atoms with Gasteiger partial charge in [0.15, 0.2) is 5.60 Å². The number of carbonyl (C=O) groups is 1. The maximum absolute atomic E-state index is 12.8. The standard InChI is InChI=1S/C16H25F3N2O2/c17-16(18,19)15(23)6-8-21(9-7-15)14(22)20-13-3-1-2-12(10-13)11-4-5-11/h11-13,23H,1-10H2,(H,20,22). The van der Waals surface area contributed by atoms with Crippen LogP contribution in [0, 0.1) is 11.8 Å². The lowest BCUT2D eigenvalue weighted by atomic mass is 9.83. The monoisotopic (exact) mass is 334 g/mol. The third kappa shape index (κ3) is 3.75. The Morgan fingerprint density at radius 3 is 2.30 bits per heavy atom. The van der Waals surface area contributed by atoms with Crippen molar-refractivity contribution in [2.75, 3.05) is 13.1 Å². The van der Waals surface area contributed by atoms with Crippen LogP contribution in [0.15, 0.2) is 0 Å². The number of nitrogens with one attached hydrogen (secondary N) is 1. The number of piperidine rings is 1. The molecule has 2 unspecified atom stereocenters. The zero-order chi connectivity index (χ0) is 16.7. The number of halogens is 3. The van der Waals surface area contributed by atoms with Gasteiger partial charge < -0.3 is 15.3 Å². The van der Waals surface area contributed by atoms with Gasteiger partial charge in [0.1, 0.15) is 0 Å². The molecule has 0 aromatic rings. The summed E-state index contributed by atoms with van der Waals surface area (Å²) in [6.45, 7) is -0.110. The SMILES string of the molecule is O=C(NC1CCCC(C2CC2)C1)N1CCC(O)(C(F)(F)F)CC1. The minimum atomic E-state index is -4.63. The van der Waals surface area contributed by atoms with Crippen LogP contribution in [0.25, 0.3) is 0 Å². The van der Waals surface area contributed by atoms with E-state index in [0.717, 1.165) is 25.2 Å². The molecule has 3 rings (SSSR count). The molecule has 2 amide bonds. The topological polar surface area (TPSA) is 52.6 Å². The molecule has 1 saturated heterocycles. The minimum absolute atomic E-state index is 0.0549. The molecule has 0 spiro atoms. The van der Waals surface area contributed by atoms with Crippen LogP contribution in [0.5, 0.6) is 0 Å². The van der Waals surface area contributed by atoms with E-state index in [9.17, 15) is 23.1 Å². The number of alkyl halides is 3. The number of amides is 2. The van der Waals surface area contributed by atoms with E-state index in [4.69, 9.17) is 0 Å².